The Morgan fingerprint density at radius 3 is 2.52 bits per heavy atom. The number of nitriles is 1. The maximum Gasteiger partial charge on any atom is 0.162 e. The molecule has 2 aromatic rings. The maximum atomic E-state index is 13.4. The highest BCUT2D eigenvalue weighted by Crippen LogP contribution is 2.50. The Bertz CT molecular complexity index is 1110. The van der Waals surface area contributed by atoms with Crippen LogP contribution in [0.2, 0.25) is 0 Å². The van der Waals surface area contributed by atoms with Crippen molar-refractivity contribution in [1.29, 1.82) is 5.26 Å². The first-order valence-electron chi connectivity index (χ1n) is 9.86. The minimum atomic E-state index is -0.444. The lowest BCUT2D eigenvalue weighted by Crippen LogP contribution is -2.47. The van der Waals surface area contributed by atoms with Crippen LogP contribution in [0.3, 0.4) is 0 Å². The lowest BCUT2D eigenvalue weighted by Gasteiger charge is -2.45. The average Bonchev–Trinajstić information content (AvgIpc) is 2.65. The van der Waals surface area contributed by atoms with Gasteiger partial charge in [-0.3, -0.25) is 9.80 Å². The van der Waals surface area contributed by atoms with E-state index in [1.807, 2.05) is 66.6 Å². The zero-order valence-electron chi connectivity index (χ0n) is 17.4. The Balaban J connectivity index is 2.05. The van der Waals surface area contributed by atoms with Crippen LogP contribution < -0.4 is 5.73 Å². The molecule has 0 saturated heterocycles. The molecule has 0 amide bonds. The van der Waals surface area contributed by atoms with Crippen molar-refractivity contribution in [3.63, 3.8) is 0 Å². The van der Waals surface area contributed by atoms with Crippen molar-refractivity contribution in [2.75, 3.05) is 14.1 Å². The zero-order chi connectivity index (χ0) is 20.9. The Morgan fingerprint density at radius 2 is 1.83 bits per heavy atom. The number of carbonyl (C=O) groups excluding carboxylic acids is 1. The molecule has 1 heterocycles. The molecular formula is C24H26N4O. The van der Waals surface area contributed by atoms with Crippen molar-refractivity contribution < 1.29 is 4.79 Å². The van der Waals surface area contributed by atoms with Crippen molar-refractivity contribution in [1.82, 2.24) is 10.0 Å². The lowest BCUT2D eigenvalue weighted by molar-refractivity contribution is -0.119. The maximum absolute atomic E-state index is 13.4. The molecule has 0 radical (unpaired) electrons. The highest BCUT2D eigenvalue weighted by molar-refractivity contribution is 6.01. The third-order valence-electron chi connectivity index (χ3n) is 5.89. The molecule has 148 valence electrons. The molecule has 1 atom stereocenters. The predicted octanol–water partition coefficient (Wildman–Crippen LogP) is 4.05. The largest absolute Gasteiger partial charge is 0.383 e. The van der Waals surface area contributed by atoms with E-state index < -0.39 is 5.92 Å². The minimum absolute atomic E-state index is 0.0984. The third kappa shape index (κ3) is 3.01. The highest BCUT2D eigenvalue weighted by atomic mass is 16.1. The number of fused-ring (bicyclic) bond motifs is 1. The van der Waals surface area contributed by atoms with Gasteiger partial charge in [-0.2, -0.15) is 5.26 Å². The Kier molecular flexibility index (Phi) is 4.48. The van der Waals surface area contributed by atoms with Gasteiger partial charge in [0.1, 0.15) is 5.82 Å². The molecule has 2 aliphatic rings. The Labute approximate surface area is 171 Å². The SMILES string of the molecule is CN(C)N1C(N)=C(C#N)[C@@H](c2cccc3ccccc23)C2=C1CC(C)(C)CC2=O. The molecule has 1 aliphatic heterocycles. The van der Waals surface area contributed by atoms with E-state index in [1.54, 1.807) is 0 Å². The molecular weight excluding hydrogens is 360 g/mol. The summed E-state index contributed by atoms with van der Waals surface area (Å²) < 4.78 is 0. The van der Waals surface area contributed by atoms with Crippen molar-refractivity contribution in [3.8, 4) is 6.07 Å². The number of ketones is 1. The Hall–Kier alpha value is -3.10. The van der Waals surface area contributed by atoms with E-state index in [1.165, 1.54) is 0 Å². The van der Waals surface area contributed by atoms with Crippen LogP contribution in [0.1, 0.15) is 38.2 Å². The van der Waals surface area contributed by atoms with E-state index in [4.69, 9.17) is 5.73 Å². The van der Waals surface area contributed by atoms with Gasteiger partial charge in [-0.15, -0.1) is 0 Å². The fraction of sp³-hybridized carbons (Fsp3) is 0.333. The van der Waals surface area contributed by atoms with Gasteiger partial charge in [0, 0.05) is 31.8 Å². The van der Waals surface area contributed by atoms with Gasteiger partial charge in [-0.05, 0) is 28.2 Å². The second-order valence-electron chi connectivity index (χ2n) is 8.87. The number of hydrogen-bond donors (Lipinski definition) is 1. The number of Topliss-reactive ketones (excluding diaryl/α,β-unsaturated/α-hetero) is 1. The van der Waals surface area contributed by atoms with E-state index >= 15 is 0 Å². The lowest BCUT2D eigenvalue weighted by atomic mass is 9.68. The summed E-state index contributed by atoms with van der Waals surface area (Å²) in [5, 5.41) is 15.9. The molecule has 0 aromatic heterocycles. The molecule has 4 rings (SSSR count). The van der Waals surface area contributed by atoms with Crippen LogP contribution in [-0.4, -0.2) is 29.9 Å². The van der Waals surface area contributed by atoms with E-state index in [0.29, 0.717) is 23.4 Å². The Morgan fingerprint density at radius 1 is 1.14 bits per heavy atom. The van der Waals surface area contributed by atoms with Crippen molar-refractivity contribution in [2.24, 2.45) is 11.1 Å². The quantitative estimate of drug-likeness (QED) is 0.843. The molecule has 0 saturated carbocycles. The molecule has 0 spiro atoms. The smallest absolute Gasteiger partial charge is 0.162 e. The topological polar surface area (TPSA) is 73.4 Å². The summed E-state index contributed by atoms with van der Waals surface area (Å²) in [6.45, 7) is 4.21. The molecule has 29 heavy (non-hydrogen) atoms. The van der Waals surface area contributed by atoms with Crippen molar-refractivity contribution in [2.45, 2.75) is 32.6 Å². The standard InChI is InChI=1S/C24H26N4O/c1-24(2)12-19-22(20(29)13-24)21(18(14-25)23(26)28(19)27(3)4)17-11-7-9-15-8-5-6-10-16(15)17/h5-11,21H,12-13,26H2,1-4H3/t21-/m1/s1. The van der Waals surface area contributed by atoms with Gasteiger partial charge in [-0.25, -0.2) is 5.01 Å². The number of hydrazine groups is 1. The monoisotopic (exact) mass is 386 g/mol. The fourth-order valence-corrected chi connectivity index (χ4v) is 4.76. The van der Waals surface area contributed by atoms with Gasteiger partial charge < -0.3 is 5.73 Å². The first-order valence-corrected chi connectivity index (χ1v) is 9.86. The number of rotatable bonds is 2. The molecule has 0 fully saturated rings. The second-order valence-corrected chi connectivity index (χ2v) is 8.87. The van der Waals surface area contributed by atoms with E-state index in [9.17, 15) is 10.1 Å². The van der Waals surface area contributed by atoms with Crippen LogP contribution in [0.5, 0.6) is 0 Å². The summed E-state index contributed by atoms with van der Waals surface area (Å²) in [6.07, 6.45) is 1.19. The second kappa shape index (κ2) is 6.75. The molecule has 5 nitrogen and oxygen atoms in total. The van der Waals surface area contributed by atoms with Gasteiger partial charge in [0.25, 0.3) is 0 Å². The first kappa shape index (κ1) is 19.2. The average molecular weight is 386 g/mol. The predicted molar refractivity (Wildman–Crippen MR) is 114 cm³/mol. The van der Waals surface area contributed by atoms with Crippen LogP contribution in [0.4, 0.5) is 0 Å². The fourth-order valence-electron chi connectivity index (χ4n) is 4.76. The number of hydrogen-bond acceptors (Lipinski definition) is 5. The summed E-state index contributed by atoms with van der Waals surface area (Å²) in [4.78, 5) is 13.4. The van der Waals surface area contributed by atoms with E-state index in [-0.39, 0.29) is 11.2 Å². The number of allylic oxidation sites excluding steroid dienone is 3. The van der Waals surface area contributed by atoms with Gasteiger partial charge in [0.05, 0.1) is 17.6 Å². The van der Waals surface area contributed by atoms with Crippen LogP contribution in [0.15, 0.2) is 65.1 Å². The molecule has 0 bridgehead atoms. The van der Waals surface area contributed by atoms with Gasteiger partial charge in [-0.1, -0.05) is 56.3 Å². The summed E-state index contributed by atoms with van der Waals surface area (Å²) >= 11 is 0. The summed E-state index contributed by atoms with van der Waals surface area (Å²) in [6, 6.07) is 16.5. The molecule has 5 heteroatoms. The first-order chi connectivity index (χ1) is 13.7. The van der Waals surface area contributed by atoms with E-state index in [2.05, 4.69) is 19.9 Å². The van der Waals surface area contributed by atoms with Gasteiger partial charge in [0.2, 0.25) is 0 Å². The third-order valence-corrected chi connectivity index (χ3v) is 5.89. The van der Waals surface area contributed by atoms with Gasteiger partial charge >= 0.3 is 0 Å². The van der Waals surface area contributed by atoms with Crippen molar-refractivity contribution in [3.05, 3.63) is 70.7 Å². The zero-order valence-corrected chi connectivity index (χ0v) is 17.4. The number of nitrogens with zero attached hydrogens (tertiary/aromatic N) is 3. The molecule has 2 aromatic carbocycles. The number of benzene rings is 2. The van der Waals surface area contributed by atoms with Crippen LogP contribution in [0, 0.1) is 16.7 Å². The van der Waals surface area contributed by atoms with Crippen LogP contribution >= 0.6 is 0 Å². The van der Waals surface area contributed by atoms with Crippen LogP contribution in [-0.2, 0) is 4.79 Å². The van der Waals surface area contributed by atoms with Gasteiger partial charge in [0.15, 0.2) is 5.78 Å². The minimum Gasteiger partial charge on any atom is -0.383 e. The summed E-state index contributed by atoms with van der Waals surface area (Å²) in [5.41, 5.74) is 9.40. The normalized spacial score (nSPS) is 21.6. The van der Waals surface area contributed by atoms with Crippen molar-refractivity contribution >= 4 is 16.6 Å². The van der Waals surface area contributed by atoms with Crippen LogP contribution in [0.25, 0.3) is 10.8 Å². The molecule has 2 N–H and O–H groups in total. The van der Waals surface area contributed by atoms with E-state index in [0.717, 1.165) is 28.5 Å². The number of carbonyl (C=O) groups is 1. The summed E-state index contributed by atoms with van der Waals surface area (Å²) in [7, 11) is 3.77. The molecule has 0 unspecified atom stereocenters. The highest BCUT2D eigenvalue weighted by Gasteiger charge is 2.45. The molecule has 1 aliphatic carbocycles. The number of nitrogens with two attached hydrogens (primary N) is 1. The summed E-state index contributed by atoms with van der Waals surface area (Å²) in [5.74, 6) is 0.0573.